The SMILES string of the molecule is O=C(N/N=C\c1ccc(Br)cc1)c1ccc(S(=O)(=O)N2CCCCC2)cc1. The van der Waals surface area contributed by atoms with Crippen molar-refractivity contribution < 1.29 is 13.2 Å². The van der Waals surface area contributed by atoms with Crippen LogP contribution in [0.4, 0.5) is 0 Å². The van der Waals surface area contributed by atoms with E-state index in [0.29, 0.717) is 18.7 Å². The third-order valence-electron chi connectivity index (χ3n) is 4.32. The van der Waals surface area contributed by atoms with E-state index in [2.05, 4.69) is 26.5 Å². The molecule has 0 radical (unpaired) electrons. The van der Waals surface area contributed by atoms with E-state index in [1.165, 1.54) is 28.6 Å². The highest BCUT2D eigenvalue weighted by molar-refractivity contribution is 9.10. The summed E-state index contributed by atoms with van der Waals surface area (Å²) in [4.78, 5) is 12.4. The summed E-state index contributed by atoms with van der Waals surface area (Å²) in [7, 11) is -3.49. The number of hydrazone groups is 1. The van der Waals surface area contributed by atoms with Crippen LogP contribution in [0.1, 0.15) is 35.2 Å². The van der Waals surface area contributed by atoms with Gasteiger partial charge in [0.2, 0.25) is 10.0 Å². The van der Waals surface area contributed by atoms with Crippen LogP contribution in [0.25, 0.3) is 0 Å². The predicted octanol–water partition coefficient (Wildman–Crippen LogP) is 3.39. The molecular formula is C19H20BrN3O3S. The van der Waals surface area contributed by atoms with E-state index in [4.69, 9.17) is 0 Å². The summed E-state index contributed by atoms with van der Waals surface area (Å²) in [5, 5.41) is 3.93. The normalized spacial score (nSPS) is 15.7. The minimum Gasteiger partial charge on any atom is -0.267 e. The first-order chi connectivity index (χ1) is 13.0. The van der Waals surface area contributed by atoms with Crippen LogP contribution in [0.3, 0.4) is 0 Å². The molecule has 1 aliphatic rings. The van der Waals surface area contributed by atoms with Gasteiger partial charge < -0.3 is 0 Å². The number of carbonyl (C=O) groups is 1. The highest BCUT2D eigenvalue weighted by Gasteiger charge is 2.25. The average molecular weight is 450 g/mol. The smallest absolute Gasteiger partial charge is 0.267 e. The Morgan fingerprint density at radius 2 is 1.63 bits per heavy atom. The van der Waals surface area contributed by atoms with Gasteiger partial charge in [0, 0.05) is 23.1 Å². The summed E-state index contributed by atoms with van der Waals surface area (Å²) < 4.78 is 27.7. The van der Waals surface area contributed by atoms with E-state index >= 15 is 0 Å². The number of halogens is 1. The maximum atomic E-state index is 12.6. The highest BCUT2D eigenvalue weighted by atomic mass is 79.9. The molecule has 2 aromatic carbocycles. The molecule has 142 valence electrons. The van der Waals surface area contributed by atoms with E-state index in [1.807, 2.05) is 24.3 Å². The highest BCUT2D eigenvalue weighted by Crippen LogP contribution is 2.20. The second-order valence-electron chi connectivity index (χ2n) is 6.24. The van der Waals surface area contributed by atoms with Crippen LogP contribution < -0.4 is 5.43 Å². The Morgan fingerprint density at radius 3 is 2.26 bits per heavy atom. The number of nitrogens with one attached hydrogen (secondary N) is 1. The van der Waals surface area contributed by atoms with E-state index in [-0.39, 0.29) is 4.90 Å². The van der Waals surface area contributed by atoms with Gasteiger partial charge in [-0.25, -0.2) is 13.8 Å². The van der Waals surface area contributed by atoms with Gasteiger partial charge in [-0.3, -0.25) is 4.79 Å². The summed E-state index contributed by atoms with van der Waals surface area (Å²) in [6, 6.07) is 13.4. The Kier molecular flexibility index (Phi) is 6.41. The van der Waals surface area contributed by atoms with Crippen molar-refractivity contribution in [2.24, 2.45) is 5.10 Å². The molecule has 0 bridgehead atoms. The monoisotopic (exact) mass is 449 g/mol. The Balaban J connectivity index is 1.64. The topological polar surface area (TPSA) is 78.8 Å². The van der Waals surface area contributed by atoms with E-state index < -0.39 is 15.9 Å². The summed E-state index contributed by atoms with van der Waals surface area (Å²) >= 11 is 3.35. The molecular weight excluding hydrogens is 430 g/mol. The van der Waals surface area contributed by atoms with Crippen LogP contribution in [0.15, 0.2) is 63.0 Å². The first-order valence-corrected chi connectivity index (χ1v) is 10.9. The van der Waals surface area contributed by atoms with Crippen molar-refractivity contribution >= 4 is 38.1 Å². The van der Waals surface area contributed by atoms with Crippen LogP contribution >= 0.6 is 15.9 Å². The Labute approximate surface area is 167 Å². The summed E-state index contributed by atoms with van der Waals surface area (Å²) in [6.45, 7) is 1.10. The van der Waals surface area contributed by atoms with Gasteiger partial charge in [0.05, 0.1) is 11.1 Å². The zero-order chi connectivity index (χ0) is 19.3. The fourth-order valence-electron chi connectivity index (χ4n) is 2.81. The number of hydrogen-bond donors (Lipinski definition) is 1. The van der Waals surface area contributed by atoms with Crippen molar-refractivity contribution in [2.45, 2.75) is 24.2 Å². The van der Waals surface area contributed by atoms with Gasteiger partial charge in [0.1, 0.15) is 0 Å². The van der Waals surface area contributed by atoms with Gasteiger partial charge in [-0.05, 0) is 54.8 Å². The number of amides is 1. The predicted molar refractivity (Wildman–Crippen MR) is 108 cm³/mol. The van der Waals surface area contributed by atoms with Gasteiger partial charge in [0.25, 0.3) is 5.91 Å². The number of rotatable bonds is 5. The third kappa shape index (κ3) is 5.03. The van der Waals surface area contributed by atoms with Gasteiger partial charge in [0.15, 0.2) is 0 Å². The molecule has 0 unspecified atom stereocenters. The molecule has 1 N–H and O–H groups in total. The lowest BCUT2D eigenvalue weighted by Gasteiger charge is -2.25. The van der Waals surface area contributed by atoms with Crippen molar-refractivity contribution in [2.75, 3.05) is 13.1 Å². The number of piperidine rings is 1. The second-order valence-corrected chi connectivity index (χ2v) is 9.09. The fourth-order valence-corrected chi connectivity index (χ4v) is 4.59. The summed E-state index contributed by atoms with van der Waals surface area (Å²) in [5.74, 6) is -0.398. The second kappa shape index (κ2) is 8.77. The molecule has 1 amide bonds. The van der Waals surface area contributed by atoms with Crippen molar-refractivity contribution in [3.8, 4) is 0 Å². The molecule has 0 aromatic heterocycles. The van der Waals surface area contributed by atoms with Crippen molar-refractivity contribution in [3.63, 3.8) is 0 Å². The maximum Gasteiger partial charge on any atom is 0.271 e. The first kappa shape index (κ1) is 19.7. The summed E-state index contributed by atoms with van der Waals surface area (Å²) in [6.07, 6.45) is 4.37. The Hall–Kier alpha value is -2.03. The van der Waals surface area contributed by atoms with Crippen molar-refractivity contribution in [1.82, 2.24) is 9.73 Å². The van der Waals surface area contributed by atoms with Crippen molar-refractivity contribution in [3.05, 3.63) is 64.1 Å². The Morgan fingerprint density at radius 1 is 1.00 bits per heavy atom. The molecule has 1 fully saturated rings. The molecule has 3 rings (SSSR count). The van der Waals surface area contributed by atoms with Crippen molar-refractivity contribution in [1.29, 1.82) is 0 Å². The number of sulfonamides is 1. The molecule has 0 atom stereocenters. The van der Waals surface area contributed by atoms with Crippen LogP contribution in [0, 0.1) is 0 Å². The minimum atomic E-state index is -3.49. The number of nitrogens with zero attached hydrogens (tertiary/aromatic N) is 2. The maximum absolute atomic E-state index is 12.6. The number of hydrogen-bond acceptors (Lipinski definition) is 4. The first-order valence-electron chi connectivity index (χ1n) is 8.66. The Bertz CT molecular complexity index is 920. The van der Waals surface area contributed by atoms with Gasteiger partial charge in [-0.15, -0.1) is 0 Å². The van der Waals surface area contributed by atoms with E-state index in [0.717, 1.165) is 29.3 Å². The lowest BCUT2D eigenvalue weighted by Crippen LogP contribution is -2.35. The molecule has 0 saturated carbocycles. The minimum absolute atomic E-state index is 0.208. The largest absolute Gasteiger partial charge is 0.271 e. The molecule has 2 aromatic rings. The molecule has 0 aliphatic carbocycles. The molecule has 1 heterocycles. The summed E-state index contributed by atoms with van der Waals surface area (Å²) in [5.41, 5.74) is 3.64. The van der Waals surface area contributed by atoms with Gasteiger partial charge >= 0.3 is 0 Å². The molecule has 27 heavy (non-hydrogen) atoms. The number of benzene rings is 2. The quantitative estimate of drug-likeness (QED) is 0.561. The lowest BCUT2D eigenvalue weighted by molar-refractivity contribution is 0.0955. The lowest BCUT2D eigenvalue weighted by atomic mass is 10.2. The molecule has 1 saturated heterocycles. The molecule has 0 spiro atoms. The van der Waals surface area contributed by atoms with Gasteiger partial charge in [-0.2, -0.15) is 9.41 Å². The van der Waals surface area contributed by atoms with Gasteiger partial charge in [-0.1, -0.05) is 34.5 Å². The van der Waals surface area contributed by atoms with E-state index in [9.17, 15) is 13.2 Å². The van der Waals surface area contributed by atoms with E-state index in [1.54, 1.807) is 6.21 Å². The fraction of sp³-hybridized carbons (Fsp3) is 0.263. The zero-order valence-corrected chi connectivity index (χ0v) is 17.0. The van der Waals surface area contributed by atoms with Crippen LogP contribution in [0.2, 0.25) is 0 Å². The molecule has 1 aliphatic heterocycles. The number of carbonyl (C=O) groups excluding carboxylic acids is 1. The average Bonchev–Trinajstić information content (AvgIpc) is 2.70. The third-order valence-corrected chi connectivity index (χ3v) is 6.76. The standard InChI is InChI=1S/C19H20BrN3O3S/c20-17-8-4-15(5-9-17)14-21-22-19(24)16-6-10-18(11-7-16)27(25,26)23-12-2-1-3-13-23/h4-11,14H,1-3,12-13H2,(H,22,24)/b21-14-. The zero-order valence-electron chi connectivity index (χ0n) is 14.6. The van der Waals surface area contributed by atoms with Crippen LogP contribution in [0.5, 0.6) is 0 Å². The van der Waals surface area contributed by atoms with Crippen LogP contribution in [-0.2, 0) is 10.0 Å². The molecule has 8 heteroatoms. The van der Waals surface area contributed by atoms with Crippen LogP contribution in [-0.4, -0.2) is 37.9 Å². The molecule has 6 nitrogen and oxygen atoms in total.